The van der Waals surface area contributed by atoms with Crippen LogP contribution in [-0.2, 0) is 13.0 Å². The van der Waals surface area contributed by atoms with Crippen LogP contribution in [0.1, 0.15) is 34.5 Å². The molecule has 0 atom stereocenters. The van der Waals surface area contributed by atoms with Crippen molar-refractivity contribution in [1.29, 1.82) is 0 Å². The Balaban J connectivity index is 1.47. The number of halogens is 2. The highest BCUT2D eigenvalue weighted by atomic mass is 19.1. The molecule has 3 aliphatic rings. The van der Waals surface area contributed by atoms with Gasteiger partial charge in [-0.2, -0.15) is 4.98 Å². The molecule has 1 amide bonds. The minimum atomic E-state index is -0.833. The first kappa shape index (κ1) is 21.1. The van der Waals surface area contributed by atoms with Crippen molar-refractivity contribution in [2.24, 2.45) is 0 Å². The lowest BCUT2D eigenvalue weighted by Crippen LogP contribution is -2.46. The predicted octanol–water partition coefficient (Wildman–Crippen LogP) is 2.31. The Hall–Kier alpha value is -2.81. The smallest absolute Gasteiger partial charge is 0.257 e. The van der Waals surface area contributed by atoms with Crippen LogP contribution in [0, 0.1) is 11.6 Å². The highest BCUT2D eigenvalue weighted by Gasteiger charge is 2.31. The summed E-state index contributed by atoms with van der Waals surface area (Å²) in [6.07, 6.45) is 2.89. The lowest BCUT2D eigenvalue weighted by molar-refractivity contribution is 0.0728. The number of hydrogen-bond acceptors (Lipinski definition) is 6. The van der Waals surface area contributed by atoms with Gasteiger partial charge in [-0.15, -0.1) is 0 Å². The maximum atomic E-state index is 14.3. The molecule has 0 spiro atoms. The number of piperazine rings is 1. The maximum Gasteiger partial charge on any atom is 0.257 e. The Morgan fingerprint density at radius 2 is 1.69 bits per heavy atom. The third-order valence-electron chi connectivity index (χ3n) is 6.67. The summed E-state index contributed by atoms with van der Waals surface area (Å²) in [4.78, 5) is 31.3. The van der Waals surface area contributed by atoms with Crippen LogP contribution < -0.4 is 9.80 Å². The number of carbonyl (C=O) groups is 1. The molecule has 2 aromatic rings. The van der Waals surface area contributed by atoms with E-state index in [0.717, 1.165) is 87.3 Å². The Morgan fingerprint density at radius 3 is 2.41 bits per heavy atom. The summed E-state index contributed by atoms with van der Waals surface area (Å²) >= 11 is 0. The number of anilines is 2. The Labute approximate surface area is 186 Å². The molecule has 0 bridgehead atoms. The van der Waals surface area contributed by atoms with E-state index in [2.05, 4.69) is 21.7 Å². The number of likely N-dealkylation sites (N-methyl/N-ethyl adjacent to an activating group) is 1. The van der Waals surface area contributed by atoms with Crippen LogP contribution in [0.25, 0.3) is 0 Å². The van der Waals surface area contributed by atoms with Crippen LogP contribution in [0.15, 0.2) is 18.2 Å². The van der Waals surface area contributed by atoms with Crippen LogP contribution >= 0.6 is 0 Å². The molecule has 3 aliphatic heterocycles. The first-order valence-electron chi connectivity index (χ1n) is 11.3. The van der Waals surface area contributed by atoms with Crippen molar-refractivity contribution >= 4 is 17.7 Å². The Kier molecular flexibility index (Phi) is 5.67. The van der Waals surface area contributed by atoms with E-state index in [1.54, 1.807) is 4.90 Å². The molecule has 0 radical (unpaired) electrons. The van der Waals surface area contributed by atoms with Gasteiger partial charge in [0.05, 0.1) is 17.8 Å². The van der Waals surface area contributed by atoms with Gasteiger partial charge < -0.3 is 19.6 Å². The number of carbonyl (C=O) groups excluding carboxylic acids is 1. The molecule has 0 aliphatic carbocycles. The van der Waals surface area contributed by atoms with E-state index in [1.165, 1.54) is 6.07 Å². The van der Waals surface area contributed by atoms with Crippen LogP contribution in [0.3, 0.4) is 0 Å². The minimum Gasteiger partial charge on any atom is -0.354 e. The number of rotatable bonds is 3. The molecule has 0 N–H and O–H groups in total. The standard InChI is InChI=1S/C23H28F2N6O/c1-28-10-12-29(13-11-28)21-18-15-31(22(32)17-5-4-16(24)14-19(17)25)9-6-20(18)26-23(27-21)30-7-2-3-8-30/h4-5,14H,2-3,6-13,15H2,1H3. The quantitative estimate of drug-likeness (QED) is 0.727. The van der Waals surface area contributed by atoms with Gasteiger partial charge in [-0.05, 0) is 32.0 Å². The van der Waals surface area contributed by atoms with Gasteiger partial charge in [0.2, 0.25) is 5.95 Å². The zero-order valence-corrected chi connectivity index (χ0v) is 18.4. The van der Waals surface area contributed by atoms with Crippen molar-refractivity contribution in [1.82, 2.24) is 19.8 Å². The van der Waals surface area contributed by atoms with Crippen molar-refractivity contribution in [2.75, 3.05) is 62.7 Å². The van der Waals surface area contributed by atoms with Gasteiger partial charge in [0.15, 0.2) is 0 Å². The summed E-state index contributed by atoms with van der Waals surface area (Å²) in [7, 11) is 2.11. The van der Waals surface area contributed by atoms with Gasteiger partial charge in [-0.3, -0.25) is 4.79 Å². The molecular formula is C23H28F2N6O. The molecule has 4 heterocycles. The van der Waals surface area contributed by atoms with Gasteiger partial charge in [-0.25, -0.2) is 13.8 Å². The molecular weight excluding hydrogens is 414 g/mol. The van der Waals surface area contributed by atoms with Gasteiger partial charge in [-0.1, -0.05) is 0 Å². The molecule has 0 saturated carbocycles. The molecule has 7 nitrogen and oxygen atoms in total. The van der Waals surface area contributed by atoms with Gasteiger partial charge in [0, 0.05) is 63.9 Å². The number of hydrogen-bond donors (Lipinski definition) is 0. The van der Waals surface area contributed by atoms with Crippen molar-refractivity contribution < 1.29 is 13.6 Å². The van der Waals surface area contributed by atoms with Gasteiger partial charge in [0.25, 0.3) is 5.91 Å². The summed E-state index contributed by atoms with van der Waals surface area (Å²) in [5.74, 6) is -0.285. The average molecular weight is 443 g/mol. The average Bonchev–Trinajstić information content (AvgIpc) is 3.33. The molecule has 1 aromatic carbocycles. The fraction of sp³-hybridized carbons (Fsp3) is 0.522. The van der Waals surface area contributed by atoms with Crippen LogP contribution in [-0.4, -0.2) is 78.5 Å². The zero-order chi connectivity index (χ0) is 22.2. The van der Waals surface area contributed by atoms with Crippen molar-refractivity contribution in [3.05, 3.63) is 46.7 Å². The number of benzene rings is 1. The molecule has 0 unspecified atom stereocenters. The SMILES string of the molecule is CN1CCN(c2nc(N3CCCC3)nc3c2CN(C(=O)c2ccc(F)cc2F)CC3)CC1. The van der Waals surface area contributed by atoms with E-state index in [0.29, 0.717) is 19.5 Å². The van der Waals surface area contributed by atoms with Crippen molar-refractivity contribution in [3.8, 4) is 0 Å². The zero-order valence-electron chi connectivity index (χ0n) is 18.4. The monoisotopic (exact) mass is 442 g/mol. The topological polar surface area (TPSA) is 55.8 Å². The second-order valence-corrected chi connectivity index (χ2v) is 8.86. The number of nitrogens with zero attached hydrogens (tertiary/aromatic N) is 6. The second-order valence-electron chi connectivity index (χ2n) is 8.86. The van der Waals surface area contributed by atoms with E-state index in [-0.39, 0.29) is 5.56 Å². The first-order chi connectivity index (χ1) is 15.5. The normalized spacial score (nSPS) is 19.4. The van der Waals surface area contributed by atoms with E-state index in [9.17, 15) is 13.6 Å². The fourth-order valence-corrected chi connectivity index (χ4v) is 4.73. The van der Waals surface area contributed by atoms with E-state index < -0.39 is 17.5 Å². The molecule has 2 saturated heterocycles. The predicted molar refractivity (Wildman–Crippen MR) is 118 cm³/mol. The Morgan fingerprint density at radius 1 is 0.938 bits per heavy atom. The van der Waals surface area contributed by atoms with Crippen LogP contribution in [0.4, 0.5) is 20.5 Å². The maximum absolute atomic E-state index is 14.3. The first-order valence-corrected chi connectivity index (χ1v) is 11.3. The molecule has 170 valence electrons. The number of amides is 1. The second kappa shape index (κ2) is 8.61. The summed E-state index contributed by atoms with van der Waals surface area (Å²) in [6, 6.07) is 3.10. The van der Waals surface area contributed by atoms with Crippen LogP contribution in [0.2, 0.25) is 0 Å². The summed E-state index contributed by atoms with van der Waals surface area (Å²) in [5, 5.41) is 0. The lowest BCUT2D eigenvalue weighted by Gasteiger charge is -2.37. The highest BCUT2D eigenvalue weighted by Crippen LogP contribution is 2.31. The third-order valence-corrected chi connectivity index (χ3v) is 6.67. The molecule has 5 rings (SSSR count). The van der Waals surface area contributed by atoms with Gasteiger partial charge in [0.1, 0.15) is 17.5 Å². The summed E-state index contributed by atoms with van der Waals surface area (Å²) < 4.78 is 27.6. The molecule has 2 fully saturated rings. The van der Waals surface area contributed by atoms with Crippen LogP contribution in [0.5, 0.6) is 0 Å². The molecule has 32 heavy (non-hydrogen) atoms. The summed E-state index contributed by atoms with van der Waals surface area (Å²) in [5.41, 5.74) is 1.81. The van der Waals surface area contributed by atoms with E-state index in [4.69, 9.17) is 9.97 Å². The fourth-order valence-electron chi connectivity index (χ4n) is 4.73. The third kappa shape index (κ3) is 4.01. The Bertz CT molecular complexity index is 1020. The minimum absolute atomic E-state index is 0.106. The lowest BCUT2D eigenvalue weighted by atomic mass is 10.0. The highest BCUT2D eigenvalue weighted by molar-refractivity contribution is 5.94. The largest absolute Gasteiger partial charge is 0.354 e. The van der Waals surface area contributed by atoms with Gasteiger partial charge >= 0.3 is 0 Å². The van der Waals surface area contributed by atoms with E-state index >= 15 is 0 Å². The number of fused-ring (bicyclic) bond motifs is 1. The van der Waals surface area contributed by atoms with E-state index in [1.807, 2.05) is 0 Å². The van der Waals surface area contributed by atoms with Crippen molar-refractivity contribution in [2.45, 2.75) is 25.8 Å². The number of aromatic nitrogens is 2. The molecule has 1 aromatic heterocycles. The van der Waals surface area contributed by atoms with Crippen molar-refractivity contribution in [3.63, 3.8) is 0 Å². The summed E-state index contributed by atoms with van der Waals surface area (Å²) in [6.45, 7) is 6.32. The molecule has 9 heteroatoms.